The summed E-state index contributed by atoms with van der Waals surface area (Å²) < 4.78 is 31.6. The maximum absolute atomic E-state index is 13.0. The Labute approximate surface area is 122 Å². The molecule has 1 aromatic carbocycles. The Hall–Kier alpha value is -1.69. The molecule has 1 heterocycles. The molecule has 116 valence electrons. The summed E-state index contributed by atoms with van der Waals surface area (Å²) in [6.07, 6.45) is -0.196. The van der Waals surface area contributed by atoms with E-state index in [4.69, 9.17) is 9.84 Å². The Morgan fingerprint density at radius 3 is 2.62 bits per heavy atom. The van der Waals surface area contributed by atoms with E-state index in [9.17, 15) is 13.6 Å². The van der Waals surface area contributed by atoms with Crippen molar-refractivity contribution in [2.45, 2.75) is 25.7 Å². The molecule has 1 fully saturated rings. The van der Waals surface area contributed by atoms with Crippen LogP contribution in [0.5, 0.6) is 5.75 Å². The van der Waals surface area contributed by atoms with Gasteiger partial charge in [0.1, 0.15) is 12.4 Å². The van der Waals surface area contributed by atoms with E-state index in [1.54, 1.807) is 19.1 Å². The van der Waals surface area contributed by atoms with Crippen molar-refractivity contribution in [3.05, 3.63) is 29.3 Å². The van der Waals surface area contributed by atoms with Crippen LogP contribution in [0.4, 0.5) is 8.78 Å². The number of alkyl halides is 2. The molecular weight excluding hydrogens is 280 g/mol. The fourth-order valence-electron chi connectivity index (χ4n) is 2.33. The van der Waals surface area contributed by atoms with Gasteiger partial charge in [0.05, 0.1) is 5.56 Å². The van der Waals surface area contributed by atoms with Gasteiger partial charge in [-0.3, -0.25) is 4.90 Å². The molecule has 1 saturated heterocycles. The van der Waals surface area contributed by atoms with Crippen LogP contribution in [0.25, 0.3) is 0 Å². The summed E-state index contributed by atoms with van der Waals surface area (Å²) in [5.74, 6) is -2.87. The molecule has 6 heteroatoms. The first-order chi connectivity index (χ1) is 9.87. The van der Waals surface area contributed by atoms with E-state index in [1.807, 2.05) is 4.90 Å². The molecule has 1 aromatic rings. The third-order valence-electron chi connectivity index (χ3n) is 3.67. The predicted octanol–water partition coefficient (Wildman–Crippen LogP) is 2.80. The van der Waals surface area contributed by atoms with E-state index in [0.29, 0.717) is 32.0 Å². The topological polar surface area (TPSA) is 49.8 Å². The molecule has 1 N–H and O–H groups in total. The summed E-state index contributed by atoms with van der Waals surface area (Å²) in [5.41, 5.74) is 0.971. The molecule has 1 aliphatic heterocycles. The first-order valence-electron chi connectivity index (χ1n) is 6.94. The highest BCUT2D eigenvalue weighted by Crippen LogP contribution is 2.27. The van der Waals surface area contributed by atoms with Crippen LogP contribution in [0.3, 0.4) is 0 Å². The van der Waals surface area contributed by atoms with E-state index in [-0.39, 0.29) is 18.4 Å². The lowest BCUT2D eigenvalue weighted by Crippen LogP contribution is -2.41. The van der Waals surface area contributed by atoms with E-state index in [2.05, 4.69) is 0 Å². The average Bonchev–Trinajstić information content (AvgIpc) is 2.42. The maximum Gasteiger partial charge on any atom is 0.335 e. The van der Waals surface area contributed by atoms with E-state index < -0.39 is 11.9 Å². The summed E-state index contributed by atoms with van der Waals surface area (Å²) in [6.45, 7) is 3.54. The molecule has 21 heavy (non-hydrogen) atoms. The summed E-state index contributed by atoms with van der Waals surface area (Å²) in [6, 6.07) is 4.67. The normalized spacial score (nSPS) is 18.4. The SMILES string of the molecule is Cc1cc(C(=O)O)ccc1OCCN1CCC(F)(F)CC1. The molecule has 0 saturated carbocycles. The largest absolute Gasteiger partial charge is 0.492 e. The lowest BCUT2D eigenvalue weighted by atomic mass is 10.1. The number of aryl methyl sites for hydroxylation is 1. The lowest BCUT2D eigenvalue weighted by molar-refractivity contribution is -0.0564. The fourth-order valence-corrected chi connectivity index (χ4v) is 2.33. The number of carboxylic acid groups (broad SMARTS) is 1. The Morgan fingerprint density at radius 1 is 1.38 bits per heavy atom. The number of hydrogen-bond donors (Lipinski definition) is 1. The number of aromatic carboxylic acids is 1. The zero-order valence-electron chi connectivity index (χ0n) is 11.9. The predicted molar refractivity (Wildman–Crippen MR) is 74.3 cm³/mol. The van der Waals surface area contributed by atoms with Crippen LogP contribution in [0.1, 0.15) is 28.8 Å². The second kappa shape index (κ2) is 6.39. The van der Waals surface area contributed by atoms with Gasteiger partial charge >= 0.3 is 5.97 Å². The highest BCUT2D eigenvalue weighted by molar-refractivity contribution is 5.88. The van der Waals surface area contributed by atoms with Crippen molar-refractivity contribution in [2.75, 3.05) is 26.2 Å². The molecule has 0 spiro atoms. The van der Waals surface area contributed by atoms with Gasteiger partial charge < -0.3 is 9.84 Å². The Balaban J connectivity index is 1.80. The highest BCUT2D eigenvalue weighted by Gasteiger charge is 2.33. The average molecular weight is 299 g/mol. The number of benzene rings is 1. The molecule has 0 bridgehead atoms. The molecule has 4 nitrogen and oxygen atoms in total. The monoisotopic (exact) mass is 299 g/mol. The Bertz CT molecular complexity index is 510. The highest BCUT2D eigenvalue weighted by atomic mass is 19.3. The van der Waals surface area contributed by atoms with Gasteiger partial charge in [-0.05, 0) is 30.7 Å². The van der Waals surface area contributed by atoms with Crippen molar-refractivity contribution in [3.8, 4) is 5.75 Å². The van der Waals surface area contributed by atoms with Crippen LogP contribution in [0.2, 0.25) is 0 Å². The van der Waals surface area contributed by atoms with Crippen molar-refractivity contribution in [3.63, 3.8) is 0 Å². The number of rotatable bonds is 5. The molecule has 0 aliphatic carbocycles. The van der Waals surface area contributed by atoms with Gasteiger partial charge in [0.2, 0.25) is 0 Å². The minimum absolute atomic E-state index is 0.0979. The second-order valence-electron chi connectivity index (χ2n) is 5.33. The zero-order valence-corrected chi connectivity index (χ0v) is 11.9. The third kappa shape index (κ3) is 4.39. The van der Waals surface area contributed by atoms with Crippen molar-refractivity contribution in [1.29, 1.82) is 0 Å². The van der Waals surface area contributed by atoms with Crippen LogP contribution in [-0.2, 0) is 0 Å². The van der Waals surface area contributed by atoms with Gasteiger partial charge in [-0.25, -0.2) is 13.6 Å². The van der Waals surface area contributed by atoms with Gasteiger partial charge in [-0.1, -0.05) is 0 Å². The van der Waals surface area contributed by atoms with Gasteiger partial charge in [0, 0.05) is 32.5 Å². The van der Waals surface area contributed by atoms with Crippen molar-refractivity contribution in [2.24, 2.45) is 0 Å². The number of ether oxygens (including phenoxy) is 1. The minimum atomic E-state index is -2.53. The summed E-state index contributed by atoms with van der Waals surface area (Å²) in [7, 11) is 0. The van der Waals surface area contributed by atoms with Gasteiger partial charge in [-0.2, -0.15) is 0 Å². The summed E-state index contributed by atoms with van der Waals surface area (Å²) >= 11 is 0. The Kier molecular flexibility index (Phi) is 4.77. The first kappa shape index (κ1) is 15.7. The number of carbonyl (C=O) groups is 1. The lowest BCUT2D eigenvalue weighted by Gasteiger charge is -2.31. The van der Waals surface area contributed by atoms with Crippen LogP contribution in [-0.4, -0.2) is 48.1 Å². The molecule has 0 amide bonds. The quantitative estimate of drug-likeness (QED) is 0.908. The van der Waals surface area contributed by atoms with E-state index in [0.717, 1.165) is 5.56 Å². The maximum atomic E-state index is 13.0. The minimum Gasteiger partial charge on any atom is -0.492 e. The van der Waals surface area contributed by atoms with Gasteiger partial charge in [0.15, 0.2) is 0 Å². The molecule has 0 aromatic heterocycles. The standard InChI is InChI=1S/C15H19F2NO3/c1-11-10-12(14(19)20)2-3-13(11)21-9-8-18-6-4-15(16,17)5-7-18/h2-3,10H,4-9H2,1H3,(H,19,20). The number of halogens is 2. The summed E-state index contributed by atoms with van der Waals surface area (Å²) in [4.78, 5) is 12.8. The van der Waals surface area contributed by atoms with E-state index >= 15 is 0 Å². The van der Waals surface area contributed by atoms with Crippen LogP contribution < -0.4 is 4.74 Å². The molecule has 0 atom stereocenters. The smallest absolute Gasteiger partial charge is 0.335 e. The number of likely N-dealkylation sites (tertiary alicyclic amines) is 1. The van der Waals surface area contributed by atoms with Gasteiger partial charge in [0.25, 0.3) is 5.92 Å². The molecule has 1 aliphatic rings. The number of nitrogens with zero attached hydrogens (tertiary/aromatic N) is 1. The van der Waals surface area contributed by atoms with Gasteiger partial charge in [-0.15, -0.1) is 0 Å². The number of hydrogen-bond acceptors (Lipinski definition) is 3. The van der Waals surface area contributed by atoms with Crippen molar-refractivity contribution < 1.29 is 23.4 Å². The zero-order chi connectivity index (χ0) is 15.5. The van der Waals surface area contributed by atoms with Crippen molar-refractivity contribution in [1.82, 2.24) is 4.90 Å². The van der Waals surface area contributed by atoms with Crippen LogP contribution >= 0.6 is 0 Å². The third-order valence-corrected chi connectivity index (χ3v) is 3.67. The fraction of sp³-hybridized carbons (Fsp3) is 0.533. The summed E-state index contributed by atoms with van der Waals surface area (Å²) in [5, 5.41) is 8.88. The molecule has 0 radical (unpaired) electrons. The molecular formula is C15H19F2NO3. The molecule has 0 unspecified atom stereocenters. The van der Waals surface area contributed by atoms with E-state index in [1.165, 1.54) is 6.07 Å². The second-order valence-corrected chi connectivity index (χ2v) is 5.33. The van der Waals surface area contributed by atoms with Crippen LogP contribution in [0, 0.1) is 6.92 Å². The number of piperidine rings is 1. The van der Waals surface area contributed by atoms with Crippen molar-refractivity contribution >= 4 is 5.97 Å². The molecule has 2 rings (SSSR count). The first-order valence-corrected chi connectivity index (χ1v) is 6.94. The Morgan fingerprint density at radius 2 is 2.05 bits per heavy atom. The number of carboxylic acids is 1. The van der Waals surface area contributed by atoms with Crippen LogP contribution in [0.15, 0.2) is 18.2 Å².